The molecular weight excluding hydrogens is 304 g/mol. The third kappa shape index (κ3) is 5.17. The van der Waals surface area contributed by atoms with E-state index in [0.717, 1.165) is 25.7 Å². The van der Waals surface area contributed by atoms with Gasteiger partial charge < -0.3 is 15.1 Å². The smallest absolute Gasteiger partial charge is 0.240 e. The molecule has 5 heteroatoms. The molecule has 5 nitrogen and oxygen atoms in total. The Bertz CT molecular complexity index is 342. The largest absolute Gasteiger partial charge is 0.395 e. The van der Waals surface area contributed by atoms with Crippen LogP contribution in [-0.2, 0) is 4.79 Å². The first-order valence-electron chi connectivity index (χ1n) is 9.97. The van der Waals surface area contributed by atoms with Crippen LogP contribution in [-0.4, -0.2) is 70.3 Å². The molecule has 0 aromatic rings. The van der Waals surface area contributed by atoms with Gasteiger partial charge >= 0.3 is 0 Å². The Morgan fingerprint density at radius 1 is 0.875 bits per heavy atom. The molecule has 0 spiro atoms. The Morgan fingerprint density at radius 3 is 1.67 bits per heavy atom. The lowest BCUT2D eigenvalue weighted by Gasteiger charge is -2.44. The molecule has 140 valence electrons. The number of hydrogen-bond acceptors (Lipinski definition) is 4. The van der Waals surface area contributed by atoms with Crippen molar-refractivity contribution in [2.75, 3.05) is 26.3 Å². The van der Waals surface area contributed by atoms with Gasteiger partial charge in [-0.3, -0.25) is 9.69 Å². The van der Waals surface area contributed by atoms with Gasteiger partial charge in [-0.05, 0) is 32.6 Å². The number of aliphatic hydroxyl groups excluding tert-OH is 2. The van der Waals surface area contributed by atoms with Gasteiger partial charge in [0.25, 0.3) is 0 Å². The van der Waals surface area contributed by atoms with E-state index in [2.05, 4.69) is 4.90 Å². The van der Waals surface area contributed by atoms with Gasteiger partial charge in [0.2, 0.25) is 5.91 Å². The first-order valence-corrected chi connectivity index (χ1v) is 9.97. The summed E-state index contributed by atoms with van der Waals surface area (Å²) >= 11 is 0. The van der Waals surface area contributed by atoms with E-state index >= 15 is 0 Å². The Morgan fingerprint density at radius 2 is 1.29 bits per heavy atom. The van der Waals surface area contributed by atoms with Crippen LogP contribution >= 0.6 is 0 Å². The number of aliphatic hydroxyl groups is 2. The van der Waals surface area contributed by atoms with Gasteiger partial charge in [0.1, 0.15) is 0 Å². The Kier molecular flexibility index (Phi) is 8.50. The van der Waals surface area contributed by atoms with Gasteiger partial charge in [-0.25, -0.2) is 0 Å². The van der Waals surface area contributed by atoms with E-state index < -0.39 is 0 Å². The molecule has 2 aliphatic rings. The molecule has 2 saturated carbocycles. The van der Waals surface area contributed by atoms with Gasteiger partial charge in [0.05, 0.1) is 19.3 Å². The van der Waals surface area contributed by atoms with Crippen LogP contribution in [0, 0.1) is 0 Å². The van der Waals surface area contributed by atoms with Crippen LogP contribution in [0.3, 0.4) is 0 Å². The van der Waals surface area contributed by atoms with E-state index in [0.29, 0.717) is 25.2 Å². The lowest BCUT2D eigenvalue weighted by Crippen LogP contribution is -2.56. The lowest BCUT2D eigenvalue weighted by atomic mass is 9.88. The third-order valence-electron chi connectivity index (χ3n) is 5.87. The molecule has 0 aromatic carbocycles. The number of hydrogen-bond donors (Lipinski definition) is 2. The minimum absolute atomic E-state index is 0.0183. The summed E-state index contributed by atoms with van der Waals surface area (Å²) in [7, 11) is 0. The van der Waals surface area contributed by atoms with Gasteiger partial charge in [0.15, 0.2) is 0 Å². The SMILES string of the molecule is C[C@H](C(=O)N(C1CCCCC1)C1CCCCC1)N(CCO)CCO. The molecule has 1 atom stereocenters. The van der Waals surface area contributed by atoms with Crippen molar-refractivity contribution in [2.45, 2.75) is 89.3 Å². The molecule has 1 amide bonds. The minimum atomic E-state index is -0.270. The molecule has 0 heterocycles. The third-order valence-corrected chi connectivity index (χ3v) is 5.87. The summed E-state index contributed by atoms with van der Waals surface area (Å²) in [6, 6.07) is 0.511. The molecule has 0 radical (unpaired) electrons. The highest BCUT2D eigenvalue weighted by atomic mass is 16.3. The zero-order valence-electron chi connectivity index (χ0n) is 15.3. The maximum atomic E-state index is 13.4. The summed E-state index contributed by atoms with van der Waals surface area (Å²) in [6.07, 6.45) is 12.0. The normalized spacial score (nSPS) is 21.8. The van der Waals surface area contributed by atoms with E-state index in [4.69, 9.17) is 0 Å². The molecule has 2 rings (SSSR count). The second-order valence-electron chi connectivity index (χ2n) is 7.49. The van der Waals surface area contributed by atoms with E-state index in [1.54, 1.807) is 0 Å². The van der Waals surface area contributed by atoms with Crippen LogP contribution in [0.5, 0.6) is 0 Å². The topological polar surface area (TPSA) is 64.0 Å². The fraction of sp³-hybridized carbons (Fsp3) is 0.947. The van der Waals surface area contributed by atoms with Crippen molar-refractivity contribution in [3.8, 4) is 0 Å². The molecule has 2 fully saturated rings. The summed E-state index contributed by atoms with van der Waals surface area (Å²) in [6.45, 7) is 2.86. The van der Waals surface area contributed by atoms with Crippen molar-refractivity contribution < 1.29 is 15.0 Å². The fourth-order valence-electron chi connectivity index (χ4n) is 4.50. The predicted molar refractivity (Wildman–Crippen MR) is 95.8 cm³/mol. The maximum Gasteiger partial charge on any atom is 0.240 e. The highest BCUT2D eigenvalue weighted by Crippen LogP contribution is 2.31. The highest BCUT2D eigenvalue weighted by molar-refractivity contribution is 5.82. The van der Waals surface area contributed by atoms with Crippen LogP contribution in [0.1, 0.15) is 71.1 Å². The fourth-order valence-corrected chi connectivity index (χ4v) is 4.50. The lowest BCUT2D eigenvalue weighted by molar-refractivity contribution is -0.143. The number of carbonyl (C=O) groups excluding carboxylic acids is 1. The van der Waals surface area contributed by atoms with Crippen LogP contribution < -0.4 is 0 Å². The Hall–Kier alpha value is -0.650. The average Bonchev–Trinajstić information content (AvgIpc) is 2.63. The zero-order chi connectivity index (χ0) is 17.4. The van der Waals surface area contributed by atoms with Crippen molar-refractivity contribution >= 4 is 5.91 Å². The molecule has 24 heavy (non-hydrogen) atoms. The van der Waals surface area contributed by atoms with Crippen molar-refractivity contribution in [3.63, 3.8) is 0 Å². The Labute approximate surface area is 147 Å². The minimum Gasteiger partial charge on any atom is -0.395 e. The molecule has 0 unspecified atom stereocenters. The van der Waals surface area contributed by atoms with Crippen molar-refractivity contribution in [1.29, 1.82) is 0 Å². The molecule has 0 aliphatic heterocycles. The van der Waals surface area contributed by atoms with Crippen molar-refractivity contribution in [2.24, 2.45) is 0 Å². The number of rotatable bonds is 8. The quantitative estimate of drug-likeness (QED) is 0.711. The second kappa shape index (κ2) is 10.4. The Balaban J connectivity index is 2.12. The first-order chi connectivity index (χ1) is 11.7. The van der Waals surface area contributed by atoms with E-state index in [-0.39, 0.29) is 25.2 Å². The van der Waals surface area contributed by atoms with Gasteiger partial charge in [-0.1, -0.05) is 38.5 Å². The molecular formula is C19H36N2O3. The molecule has 2 aliphatic carbocycles. The number of nitrogens with zero attached hydrogens (tertiary/aromatic N) is 2. The standard InChI is InChI=1S/C19H36N2O3/c1-16(20(12-14-22)13-15-23)19(24)21(17-8-4-2-5-9-17)18-10-6-3-7-11-18/h16-18,22-23H,2-15H2,1H3/t16-/m1/s1. The maximum absolute atomic E-state index is 13.4. The van der Waals surface area contributed by atoms with E-state index in [9.17, 15) is 15.0 Å². The van der Waals surface area contributed by atoms with E-state index in [1.165, 1.54) is 38.5 Å². The number of amides is 1. The van der Waals surface area contributed by atoms with Crippen LogP contribution in [0.15, 0.2) is 0 Å². The average molecular weight is 341 g/mol. The molecule has 0 saturated heterocycles. The van der Waals surface area contributed by atoms with Crippen LogP contribution in [0.2, 0.25) is 0 Å². The molecule has 0 aromatic heterocycles. The van der Waals surface area contributed by atoms with Gasteiger partial charge in [-0.15, -0.1) is 0 Å². The van der Waals surface area contributed by atoms with Gasteiger partial charge in [0, 0.05) is 25.2 Å². The van der Waals surface area contributed by atoms with Crippen molar-refractivity contribution in [1.82, 2.24) is 9.80 Å². The molecule has 2 N–H and O–H groups in total. The van der Waals surface area contributed by atoms with Gasteiger partial charge in [-0.2, -0.15) is 0 Å². The second-order valence-corrected chi connectivity index (χ2v) is 7.49. The summed E-state index contributed by atoms with van der Waals surface area (Å²) in [4.78, 5) is 17.5. The highest BCUT2D eigenvalue weighted by Gasteiger charge is 2.36. The molecule has 0 bridgehead atoms. The zero-order valence-corrected chi connectivity index (χ0v) is 15.3. The summed E-state index contributed by atoms with van der Waals surface area (Å²) < 4.78 is 0. The predicted octanol–water partition coefficient (Wildman–Crippen LogP) is 2.16. The monoisotopic (exact) mass is 340 g/mol. The van der Waals surface area contributed by atoms with Crippen LogP contribution in [0.25, 0.3) is 0 Å². The first kappa shape index (κ1) is 19.7. The summed E-state index contributed by atoms with van der Waals surface area (Å²) in [5.74, 6) is 0.204. The van der Waals surface area contributed by atoms with Crippen molar-refractivity contribution in [3.05, 3.63) is 0 Å². The summed E-state index contributed by atoms with van der Waals surface area (Å²) in [5, 5.41) is 18.6. The summed E-state index contributed by atoms with van der Waals surface area (Å²) in [5.41, 5.74) is 0. The van der Waals surface area contributed by atoms with E-state index in [1.807, 2.05) is 11.8 Å². The number of carbonyl (C=O) groups is 1. The van der Waals surface area contributed by atoms with Crippen LogP contribution in [0.4, 0.5) is 0 Å².